The van der Waals surface area contributed by atoms with Gasteiger partial charge in [0.25, 0.3) is 0 Å². The Kier molecular flexibility index (Phi) is 5.70. The summed E-state index contributed by atoms with van der Waals surface area (Å²) >= 11 is 0. The summed E-state index contributed by atoms with van der Waals surface area (Å²) in [7, 11) is 1.55. The average Bonchev–Trinajstić information content (AvgIpc) is 3.10. The van der Waals surface area contributed by atoms with Crippen LogP contribution in [-0.4, -0.2) is 34.6 Å². The number of methoxy groups -OCH3 is 1. The summed E-state index contributed by atoms with van der Waals surface area (Å²) in [4.78, 5) is 23.8. The molecule has 0 aliphatic rings. The zero-order valence-electron chi connectivity index (χ0n) is 14.3. The summed E-state index contributed by atoms with van der Waals surface area (Å²) < 4.78 is 18.5. The molecular formula is C19H19FN4O2. The van der Waals surface area contributed by atoms with Gasteiger partial charge in [-0.05, 0) is 24.3 Å². The number of ether oxygens (including phenoxy) is 1. The highest BCUT2D eigenvalue weighted by molar-refractivity contribution is 5.77. The van der Waals surface area contributed by atoms with Crippen molar-refractivity contribution in [2.45, 2.75) is 13.0 Å². The predicted octanol–water partition coefficient (Wildman–Crippen LogP) is 2.93. The van der Waals surface area contributed by atoms with E-state index in [4.69, 9.17) is 4.74 Å². The number of benzene rings is 1. The lowest BCUT2D eigenvalue weighted by Crippen LogP contribution is -2.24. The number of carbonyl (C=O) groups excluding carboxylic acids is 1. The number of hydrogen-bond acceptors (Lipinski definition) is 4. The first-order chi connectivity index (χ1) is 12.7. The van der Waals surface area contributed by atoms with Crippen LogP contribution < -0.4 is 5.32 Å². The summed E-state index contributed by atoms with van der Waals surface area (Å²) in [5.41, 5.74) is 2.59. The molecule has 1 aromatic carbocycles. The molecule has 2 N–H and O–H groups in total. The lowest BCUT2D eigenvalue weighted by Gasteiger charge is -2.02. The summed E-state index contributed by atoms with van der Waals surface area (Å²) in [5, 5.41) is 2.78. The van der Waals surface area contributed by atoms with Gasteiger partial charge in [-0.25, -0.2) is 9.37 Å². The van der Waals surface area contributed by atoms with Gasteiger partial charge in [0.1, 0.15) is 11.6 Å². The van der Waals surface area contributed by atoms with Gasteiger partial charge in [-0.1, -0.05) is 18.2 Å². The Labute approximate surface area is 150 Å². The predicted molar refractivity (Wildman–Crippen MR) is 95.6 cm³/mol. The standard InChI is InChI=1S/C19H19FN4O2/c1-26-10-8-17(25)22-12-16-23-18(13-5-4-6-14(20)11-13)19(24-16)15-7-2-3-9-21-15/h2-7,9,11H,8,10,12H2,1H3,(H,22,25)(H,23,24). The number of rotatable bonds is 7. The summed E-state index contributed by atoms with van der Waals surface area (Å²) in [6.07, 6.45) is 1.96. The molecule has 6 nitrogen and oxygen atoms in total. The van der Waals surface area contributed by atoms with Crippen molar-refractivity contribution in [2.24, 2.45) is 0 Å². The smallest absolute Gasteiger partial charge is 0.222 e. The third kappa shape index (κ3) is 4.31. The van der Waals surface area contributed by atoms with Crippen molar-refractivity contribution in [1.82, 2.24) is 20.3 Å². The van der Waals surface area contributed by atoms with Gasteiger partial charge in [0, 0.05) is 25.3 Å². The average molecular weight is 354 g/mol. The molecule has 0 saturated carbocycles. The highest BCUT2D eigenvalue weighted by atomic mass is 19.1. The number of amides is 1. The highest BCUT2D eigenvalue weighted by Crippen LogP contribution is 2.29. The van der Waals surface area contributed by atoms with E-state index in [0.29, 0.717) is 35.1 Å². The highest BCUT2D eigenvalue weighted by Gasteiger charge is 2.16. The number of aromatic amines is 1. The zero-order chi connectivity index (χ0) is 18.4. The molecule has 3 rings (SSSR count). The van der Waals surface area contributed by atoms with Crippen LogP contribution in [0.2, 0.25) is 0 Å². The summed E-state index contributed by atoms with van der Waals surface area (Å²) in [5.74, 6) is 0.0949. The summed E-state index contributed by atoms with van der Waals surface area (Å²) in [6, 6.07) is 11.7. The maximum atomic E-state index is 13.6. The Hall–Kier alpha value is -3.06. The molecule has 0 radical (unpaired) electrons. The molecule has 0 fully saturated rings. The molecule has 0 aliphatic heterocycles. The molecule has 26 heavy (non-hydrogen) atoms. The van der Waals surface area contributed by atoms with Gasteiger partial charge < -0.3 is 15.0 Å². The number of carbonyl (C=O) groups is 1. The SMILES string of the molecule is COCCC(=O)NCc1nc(-c2cccc(F)c2)c(-c2ccccn2)[nH]1. The normalized spacial score (nSPS) is 10.7. The molecule has 1 amide bonds. The number of imidazole rings is 1. The van der Waals surface area contributed by atoms with Gasteiger partial charge >= 0.3 is 0 Å². The lowest BCUT2D eigenvalue weighted by atomic mass is 10.1. The number of nitrogens with one attached hydrogen (secondary N) is 2. The second-order valence-electron chi connectivity index (χ2n) is 5.65. The first kappa shape index (κ1) is 17.8. The Morgan fingerprint density at radius 1 is 1.27 bits per heavy atom. The van der Waals surface area contributed by atoms with E-state index in [1.54, 1.807) is 25.4 Å². The van der Waals surface area contributed by atoms with Crippen LogP contribution in [0, 0.1) is 5.82 Å². The number of pyridine rings is 1. The van der Waals surface area contributed by atoms with Gasteiger partial charge in [-0.3, -0.25) is 9.78 Å². The van der Waals surface area contributed by atoms with Crippen LogP contribution >= 0.6 is 0 Å². The van der Waals surface area contributed by atoms with Crippen LogP contribution in [0.25, 0.3) is 22.6 Å². The molecule has 0 unspecified atom stereocenters. The molecule has 2 aromatic heterocycles. The largest absolute Gasteiger partial charge is 0.384 e. The molecule has 0 spiro atoms. The van der Waals surface area contributed by atoms with Crippen LogP contribution in [0.15, 0.2) is 48.7 Å². The van der Waals surface area contributed by atoms with Gasteiger partial charge in [-0.2, -0.15) is 0 Å². The quantitative estimate of drug-likeness (QED) is 0.684. The van der Waals surface area contributed by atoms with E-state index in [1.807, 2.05) is 18.2 Å². The third-order valence-electron chi connectivity index (χ3n) is 3.76. The molecule has 3 aromatic rings. The minimum Gasteiger partial charge on any atom is -0.384 e. The van der Waals surface area contributed by atoms with Gasteiger partial charge in [0.2, 0.25) is 5.91 Å². The van der Waals surface area contributed by atoms with Crippen molar-refractivity contribution < 1.29 is 13.9 Å². The molecule has 0 aliphatic carbocycles. The molecule has 2 heterocycles. The van der Waals surface area contributed by atoms with Crippen LogP contribution in [0.1, 0.15) is 12.2 Å². The van der Waals surface area contributed by atoms with E-state index in [0.717, 1.165) is 0 Å². The topological polar surface area (TPSA) is 79.9 Å². The number of nitrogens with zero attached hydrogens (tertiary/aromatic N) is 2. The second kappa shape index (κ2) is 8.35. The first-order valence-electron chi connectivity index (χ1n) is 8.19. The van der Waals surface area contributed by atoms with E-state index in [2.05, 4.69) is 20.3 Å². The molecule has 0 bridgehead atoms. The molecule has 134 valence electrons. The van der Waals surface area contributed by atoms with Crippen molar-refractivity contribution in [2.75, 3.05) is 13.7 Å². The van der Waals surface area contributed by atoms with Crippen molar-refractivity contribution in [3.05, 3.63) is 60.3 Å². The van der Waals surface area contributed by atoms with Crippen LogP contribution in [0.3, 0.4) is 0 Å². The molecular weight excluding hydrogens is 335 g/mol. The number of halogens is 1. The van der Waals surface area contributed by atoms with Crippen LogP contribution in [0.5, 0.6) is 0 Å². The fourth-order valence-electron chi connectivity index (χ4n) is 2.51. The van der Waals surface area contributed by atoms with Gasteiger partial charge in [-0.15, -0.1) is 0 Å². The van der Waals surface area contributed by atoms with E-state index >= 15 is 0 Å². The second-order valence-corrected chi connectivity index (χ2v) is 5.65. The van der Waals surface area contributed by atoms with E-state index < -0.39 is 0 Å². The maximum absolute atomic E-state index is 13.6. The van der Waals surface area contributed by atoms with Crippen molar-refractivity contribution in [3.63, 3.8) is 0 Å². The first-order valence-corrected chi connectivity index (χ1v) is 8.19. The zero-order valence-corrected chi connectivity index (χ0v) is 14.3. The fourth-order valence-corrected chi connectivity index (χ4v) is 2.51. The third-order valence-corrected chi connectivity index (χ3v) is 3.76. The Morgan fingerprint density at radius 3 is 2.88 bits per heavy atom. The van der Waals surface area contributed by atoms with Crippen LogP contribution in [0.4, 0.5) is 4.39 Å². The van der Waals surface area contributed by atoms with Gasteiger partial charge in [0.15, 0.2) is 0 Å². The number of aromatic nitrogens is 3. The molecule has 0 saturated heterocycles. The lowest BCUT2D eigenvalue weighted by molar-refractivity contribution is -0.122. The van der Waals surface area contributed by atoms with E-state index in [1.165, 1.54) is 12.1 Å². The molecule has 0 atom stereocenters. The van der Waals surface area contributed by atoms with Crippen LogP contribution in [-0.2, 0) is 16.1 Å². The minimum absolute atomic E-state index is 0.130. The number of H-pyrrole nitrogens is 1. The minimum atomic E-state index is -0.341. The van der Waals surface area contributed by atoms with Crippen molar-refractivity contribution in [1.29, 1.82) is 0 Å². The molecule has 7 heteroatoms. The van der Waals surface area contributed by atoms with E-state index in [9.17, 15) is 9.18 Å². The van der Waals surface area contributed by atoms with Crippen molar-refractivity contribution >= 4 is 5.91 Å². The Bertz CT molecular complexity index is 880. The fraction of sp³-hybridized carbons (Fsp3) is 0.211. The van der Waals surface area contributed by atoms with Gasteiger partial charge in [0.05, 0.1) is 30.2 Å². The maximum Gasteiger partial charge on any atom is 0.222 e. The Balaban J connectivity index is 1.89. The van der Waals surface area contributed by atoms with Crippen molar-refractivity contribution in [3.8, 4) is 22.6 Å². The number of hydrogen-bond donors (Lipinski definition) is 2. The monoisotopic (exact) mass is 354 g/mol. The Morgan fingerprint density at radius 2 is 2.15 bits per heavy atom. The summed E-state index contributed by atoms with van der Waals surface area (Å²) in [6.45, 7) is 0.593. The van der Waals surface area contributed by atoms with E-state index in [-0.39, 0.29) is 24.7 Å².